The van der Waals surface area contributed by atoms with E-state index >= 15 is 0 Å². The van der Waals surface area contributed by atoms with Gasteiger partial charge < -0.3 is 19.0 Å². The first-order chi connectivity index (χ1) is 11.7. The molecule has 0 bridgehead atoms. The molecule has 0 radical (unpaired) electrons. The van der Waals surface area contributed by atoms with Gasteiger partial charge in [-0.2, -0.15) is 0 Å². The van der Waals surface area contributed by atoms with E-state index in [4.69, 9.17) is 13.9 Å². The van der Waals surface area contributed by atoms with E-state index in [1.807, 2.05) is 24.3 Å². The molecule has 1 atom stereocenters. The molecule has 1 unspecified atom stereocenters. The van der Waals surface area contributed by atoms with Crippen molar-refractivity contribution in [3.8, 4) is 5.75 Å². The average Bonchev–Trinajstić information content (AvgIpc) is 3.31. The number of hydrogen-bond acceptors (Lipinski definition) is 5. The molecule has 0 amide bonds. The van der Waals surface area contributed by atoms with Crippen molar-refractivity contribution >= 4 is 0 Å². The first-order valence-corrected chi connectivity index (χ1v) is 8.40. The molecule has 1 N–H and O–H groups in total. The van der Waals surface area contributed by atoms with Crippen LogP contribution in [0.15, 0.2) is 47.1 Å². The third kappa shape index (κ3) is 5.09. The summed E-state index contributed by atoms with van der Waals surface area (Å²) in [6, 6.07) is 12.4. The van der Waals surface area contributed by atoms with Crippen LogP contribution in [0.25, 0.3) is 0 Å². The molecule has 5 heteroatoms. The lowest BCUT2D eigenvalue weighted by molar-refractivity contribution is 0.00246. The molecule has 0 saturated heterocycles. The van der Waals surface area contributed by atoms with Crippen molar-refractivity contribution in [3.63, 3.8) is 0 Å². The zero-order valence-electron chi connectivity index (χ0n) is 14.1. The van der Waals surface area contributed by atoms with Gasteiger partial charge in [-0.1, -0.05) is 12.1 Å². The van der Waals surface area contributed by atoms with Gasteiger partial charge in [0.05, 0.1) is 26.1 Å². The Bertz CT molecular complexity index is 610. The highest BCUT2D eigenvalue weighted by Crippen LogP contribution is 2.29. The van der Waals surface area contributed by atoms with E-state index in [-0.39, 0.29) is 0 Å². The maximum absolute atomic E-state index is 10.3. The van der Waals surface area contributed by atoms with Crippen LogP contribution in [0.5, 0.6) is 5.75 Å². The summed E-state index contributed by atoms with van der Waals surface area (Å²) in [7, 11) is 1.68. The summed E-state index contributed by atoms with van der Waals surface area (Å²) in [5.74, 6) is 1.64. The second kappa shape index (κ2) is 8.33. The van der Waals surface area contributed by atoms with E-state index in [0.29, 0.717) is 25.8 Å². The Morgan fingerprint density at radius 1 is 1.29 bits per heavy atom. The highest BCUT2D eigenvalue weighted by Gasteiger charge is 2.30. The smallest absolute Gasteiger partial charge is 0.129 e. The maximum Gasteiger partial charge on any atom is 0.129 e. The number of rotatable bonds is 10. The van der Waals surface area contributed by atoms with Gasteiger partial charge in [0.25, 0.3) is 0 Å². The summed E-state index contributed by atoms with van der Waals surface area (Å²) in [4.78, 5) is 2.33. The monoisotopic (exact) mass is 331 g/mol. The molecular formula is C19H25NO4. The highest BCUT2D eigenvalue weighted by atomic mass is 16.5. The molecule has 5 nitrogen and oxygen atoms in total. The van der Waals surface area contributed by atoms with Gasteiger partial charge in [0.15, 0.2) is 0 Å². The average molecular weight is 331 g/mol. The number of furan rings is 1. The van der Waals surface area contributed by atoms with Crippen LogP contribution >= 0.6 is 0 Å². The predicted molar refractivity (Wildman–Crippen MR) is 90.8 cm³/mol. The molecule has 1 aromatic carbocycles. The third-order valence-electron chi connectivity index (χ3n) is 4.16. The molecule has 1 aliphatic carbocycles. The van der Waals surface area contributed by atoms with Crippen molar-refractivity contribution in [2.24, 2.45) is 0 Å². The van der Waals surface area contributed by atoms with E-state index in [2.05, 4.69) is 17.0 Å². The lowest BCUT2D eigenvalue weighted by Crippen LogP contribution is -2.36. The number of hydrogen-bond donors (Lipinski definition) is 1. The zero-order chi connectivity index (χ0) is 16.8. The minimum atomic E-state index is -0.508. The largest absolute Gasteiger partial charge is 0.497 e. The van der Waals surface area contributed by atoms with Crippen LogP contribution in [-0.4, -0.2) is 42.4 Å². The predicted octanol–water partition coefficient (Wildman–Crippen LogP) is 2.83. The van der Waals surface area contributed by atoms with Crippen molar-refractivity contribution in [1.29, 1.82) is 0 Å². The van der Waals surface area contributed by atoms with Crippen molar-refractivity contribution in [2.75, 3.05) is 20.3 Å². The van der Waals surface area contributed by atoms with Gasteiger partial charge in [-0.15, -0.1) is 0 Å². The summed E-state index contributed by atoms with van der Waals surface area (Å²) in [6.07, 6.45) is 3.51. The number of nitrogens with zero attached hydrogens (tertiary/aromatic N) is 1. The van der Waals surface area contributed by atoms with Gasteiger partial charge in [-0.3, -0.25) is 4.90 Å². The van der Waals surface area contributed by atoms with Crippen molar-refractivity contribution < 1.29 is 19.0 Å². The van der Waals surface area contributed by atoms with Gasteiger partial charge in [0.2, 0.25) is 0 Å². The lowest BCUT2D eigenvalue weighted by Gasteiger charge is -2.25. The number of benzene rings is 1. The standard InChI is InChI=1S/C19H25NO4/c1-22-18-5-2-4-15(10-18)11-20(16-7-8-16)12-17(21)13-23-14-19-6-3-9-24-19/h2-6,9-10,16-17,21H,7-8,11-14H2,1H3. The Morgan fingerprint density at radius 3 is 2.88 bits per heavy atom. The van der Waals surface area contributed by atoms with E-state index in [1.54, 1.807) is 13.4 Å². The Kier molecular flexibility index (Phi) is 5.91. The van der Waals surface area contributed by atoms with Crippen LogP contribution < -0.4 is 4.74 Å². The first kappa shape index (κ1) is 17.0. The first-order valence-electron chi connectivity index (χ1n) is 8.40. The lowest BCUT2D eigenvalue weighted by atomic mass is 10.2. The molecule has 130 valence electrons. The van der Waals surface area contributed by atoms with E-state index in [0.717, 1.165) is 18.1 Å². The molecule has 1 fully saturated rings. The fraction of sp³-hybridized carbons (Fsp3) is 0.474. The Morgan fingerprint density at radius 2 is 2.17 bits per heavy atom. The van der Waals surface area contributed by atoms with Gasteiger partial charge in [0.1, 0.15) is 18.1 Å². The number of aliphatic hydroxyl groups excluding tert-OH is 1. The van der Waals surface area contributed by atoms with Crippen molar-refractivity contribution in [1.82, 2.24) is 4.90 Å². The molecule has 3 rings (SSSR count). The molecule has 1 aliphatic rings. The topological polar surface area (TPSA) is 55.1 Å². The molecular weight excluding hydrogens is 306 g/mol. The minimum absolute atomic E-state index is 0.308. The SMILES string of the molecule is COc1cccc(CN(CC(O)COCc2ccco2)C2CC2)c1. The molecule has 1 heterocycles. The van der Waals surface area contributed by atoms with Crippen LogP contribution in [0.2, 0.25) is 0 Å². The quantitative estimate of drug-likeness (QED) is 0.725. The van der Waals surface area contributed by atoms with Gasteiger partial charge >= 0.3 is 0 Å². The van der Waals surface area contributed by atoms with E-state index in [9.17, 15) is 5.11 Å². The van der Waals surface area contributed by atoms with Gasteiger partial charge in [-0.05, 0) is 42.7 Å². The summed E-state index contributed by atoms with van der Waals surface area (Å²) in [5.41, 5.74) is 1.20. The maximum atomic E-state index is 10.3. The molecule has 0 spiro atoms. The molecule has 24 heavy (non-hydrogen) atoms. The van der Waals surface area contributed by atoms with Crippen LogP contribution in [0.4, 0.5) is 0 Å². The summed E-state index contributed by atoms with van der Waals surface area (Å²) < 4.78 is 16.0. The Balaban J connectivity index is 1.48. The fourth-order valence-electron chi connectivity index (χ4n) is 2.80. The minimum Gasteiger partial charge on any atom is -0.497 e. The van der Waals surface area contributed by atoms with Gasteiger partial charge in [0, 0.05) is 19.1 Å². The second-order valence-electron chi connectivity index (χ2n) is 6.26. The third-order valence-corrected chi connectivity index (χ3v) is 4.16. The molecule has 2 aromatic rings. The number of aliphatic hydroxyl groups is 1. The Hall–Kier alpha value is -1.82. The van der Waals surface area contributed by atoms with Crippen molar-refractivity contribution in [2.45, 2.75) is 38.1 Å². The van der Waals surface area contributed by atoms with Crippen LogP contribution in [0, 0.1) is 0 Å². The van der Waals surface area contributed by atoms with E-state index < -0.39 is 6.10 Å². The highest BCUT2D eigenvalue weighted by molar-refractivity contribution is 5.28. The van der Waals surface area contributed by atoms with Crippen LogP contribution in [-0.2, 0) is 17.9 Å². The van der Waals surface area contributed by atoms with Crippen molar-refractivity contribution in [3.05, 3.63) is 54.0 Å². The molecule has 1 saturated carbocycles. The summed E-state index contributed by atoms with van der Waals surface area (Å²) in [6.45, 7) is 2.13. The zero-order valence-corrected chi connectivity index (χ0v) is 14.1. The summed E-state index contributed by atoms with van der Waals surface area (Å²) in [5, 5.41) is 10.3. The molecule has 1 aromatic heterocycles. The second-order valence-corrected chi connectivity index (χ2v) is 6.26. The summed E-state index contributed by atoms with van der Waals surface area (Å²) >= 11 is 0. The fourth-order valence-corrected chi connectivity index (χ4v) is 2.80. The van der Waals surface area contributed by atoms with Crippen LogP contribution in [0.3, 0.4) is 0 Å². The van der Waals surface area contributed by atoms with E-state index in [1.165, 1.54) is 18.4 Å². The number of methoxy groups -OCH3 is 1. The normalized spacial score (nSPS) is 15.6. The van der Waals surface area contributed by atoms with Gasteiger partial charge in [-0.25, -0.2) is 0 Å². The molecule has 0 aliphatic heterocycles. The van der Waals surface area contributed by atoms with Crippen LogP contribution in [0.1, 0.15) is 24.2 Å². The Labute approximate surface area is 142 Å². The number of ether oxygens (including phenoxy) is 2.